The van der Waals surface area contributed by atoms with E-state index in [1.807, 2.05) is 73.9 Å². The molecule has 2 saturated heterocycles. The predicted octanol–water partition coefficient (Wildman–Crippen LogP) is 13.1. The summed E-state index contributed by atoms with van der Waals surface area (Å²) >= 11 is 0. The minimum Gasteiger partial charge on any atom is -0.478 e. The molecule has 94 heavy (non-hydrogen) atoms. The standard InChI is InChI=1S/C39H47N5O4.C37H43N5O4/c1-5-25-23-28(16-17-29(25)26-19-21-43(22-20-26)38(46)35(45)7-3)41-33-18-15-27-11-9-12-30(37(27)33)32-13-10-14-36(42-32)44-34(6-2)31(24-40-44)39(47)48-8-4;1-4-23-21-26(14-15-27(23)24-17-19-41(20-18-24)36(44)33(43)6-3)39-31-16-13-25-9-7-10-28(35(25)31)30-11-8-12-34(40-30)42-32(5-2)29(22-38-42)37(45)46/h9-14,16-17,23-24,26,33,35,41,45H,5-8,15,18-22H2,1-4H3;7-12,14-15,21-22,24,31,33,39,43H,4-6,13,16-20H2,1-3H3,(H,45,46)/t33?,35-;31?,33-/m00/s1. The van der Waals surface area contributed by atoms with Gasteiger partial charge in [0.1, 0.15) is 23.3 Å². The number of aliphatic hydroxyl groups is 2. The van der Waals surface area contributed by atoms with Gasteiger partial charge in [0.05, 0.1) is 53.9 Å². The molecule has 2 amide bonds. The number of aromatic carboxylic acids is 1. The van der Waals surface area contributed by atoms with E-state index in [-0.39, 0.29) is 35.4 Å². The van der Waals surface area contributed by atoms with Crippen LogP contribution in [0.25, 0.3) is 34.2 Å². The Morgan fingerprint density at radius 2 is 0.957 bits per heavy atom. The number of carboxylic acids is 1. The van der Waals surface area contributed by atoms with Crippen molar-refractivity contribution in [1.29, 1.82) is 0 Å². The quantitative estimate of drug-likeness (QED) is 0.0422. The summed E-state index contributed by atoms with van der Waals surface area (Å²) in [6.45, 7) is 16.9. The minimum absolute atomic E-state index is 0.126. The van der Waals surface area contributed by atoms with Gasteiger partial charge in [-0.25, -0.2) is 28.9 Å². The second-order valence-corrected chi connectivity index (χ2v) is 25.1. The molecule has 5 N–H and O–H groups in total. The van der Waals surface area contributed by atoms with Crippen molar-refractivity contribution >= 4 is 35.1 Å². The Morgan fingerprint density at radius 3 is 1.36 bits per heavy atom. The number of carbonyl (C=O) groups excluding carboxylic acids is 3. The van der Waals surface area contributed by atoms with Crippen molar-refractivity contribution in [2.24, 2.45) is 0 Å². The Balaban J connectivity index is 0.000000192. The largest absolute Gasteiger partial charge is 0.478 e. The number of amides is 2. The van der Waals surface area contributed by atoms with Crippen molar-refractivity contribution in [1.82, 2.24) is 39.3 Å². The zero-order valence-electron chi connectivity index (χ0n) is 55.4. The highest BCUT2D eigenvalue weighted by Gasteiger charge is 2.33. The summed E-state index contributed by atoms with van der Waals surface area (Å²) in [6, 6.07) is 38.5. The summed E-state index contributed by atoms with van der Waals surface area (Å²) < 4.78 is 8.64. The molecule has 492 valence electrons. The number of likely N-dealkylation sites (tertiary alicyclic amines) is 2. The molecular formula is C76H90N10O8. The van der Waals surface area contributed by atoms with Gasteiger partial charge in [-0.3, -0.25) is 9.59 Å². The van der Waals surface area contributed by atoms with Gasteiger partial charge < -0.3 is 40.5 Å². The zero-order valence-corrected chi connectivity index (χ0v) is 55.4. The van der Waals surface area contributed by atoms with Gasteiger partial charge >= 0.3 is 11.9 Å². The number of piperidine rings is 2. The van der Waals surface area contributed by atoms with Gasteiger partial charge in [0.2, 0.25) is 0 Å². The van der Waals surface area contributed by atoms with Crippen molar-refractivity contribution < 1.29 is 39.2 Å². The van der Waals surface area contributed by atoms with Crippen molar-refractivity contribution in [3.63, 3.8) is 0 Å². The fourth-order valence-corrected chi connectivity index (χ4v) is 14.7. The monoisotopic (exact) mass is 1270 g/mol. The number of aromatic nitrogens is 6. The molecule has 18 nitrogen and oxygen atoms in total. The van der Waals surface area contributed by atoms with E-state index in [9.17, 15) is 34.5 Å². The summed E-state index contributed by atoms with van der Waals surface area (Å²) in [5.74, 6) is 0.438. The normalized spacial score (nSPS) is 17.0. The van der Waals surface area contributed by atoms with Crippen LogP contribution in [0.15, 0.2) is 122 Å². The molecule has 4 atom stereocenters. The van der Waals surface area contributed by atoms with E-state index in [1.54, 1.807) is 22.5 Å². The van der Waals surface area contributed by atoms with Crippen LogP contribution in [0.2, 0.25) is 0 Å². The van der Waals surface area contributed by atoms with E-state index in [0.717, 1.165) is 104 Å². The highest BCUT2D eigenvalue weighted by Crippen LogP contribution is 2.44. The van der Waals surface area contributed by atoms with Crippen molar-refractivity contribution in [2.75, 3.05) is 43.4 Å². The number of ether oxygens (including phenoxy) is 1. The highest BCUT2D eigenvalue weighted by atomic mass is 16.5. The highest BCUT2D eigenvalue weighted by molar-refractivity contribution is 5.91. The third-order valence-electron chi connectivity index (χ3n) is 19.6. The molecule has 0 spiro atoms. The predicted molar refractivity (Wildman–Crippen MR) is 366 cm³/mol. The van der Waals surface area contributed by atoms with Crippen LogP contribution in [0.4, 0.5) is 11.4 Å². The number of rotatable bonds is 21. The third-order valence-corrected chi connectivity index (χ3v) is 19.6. The number of nitrogens with one attached hydrogen (secondary N) is 2. The third kappa shape index (κ3) is 14.0. The van der Waals surface area contributed by atoms with Crippen molar-refractivity contribution in [2.45, 2.75) is 174 Å². The molecule has 2 aliphatic heterocycles. The SMILES string of the molecule is CCOC(=O)c1cnn(-c2cccc(-c3cccc4c3C(Nc3ccc(C5CCN(C(=O)[C@@H](O)CC)CC5)c(CC)c3)CC4)n2)c1CC.CCc1cc(NC2CCc3cccc(-c4cccc(-n5ncc(C(=O)O)c5CC)n4)c32)ccc1C1CCN(C(=O)[C@@H](O)CC)CC1. The second-order valence-electron chi connectivity index (χ2n) is 25.1. The molecule has 12 rings (SSSR count). The molecule has 0 radical (unpaired) electrons. The number of aryl methyl sites for hydroxylation is 4. The smallest absolute Gasteiger partial charge is 0.341 e. The van der Waals surface area contributed by atoms with Gasteiger partial charge in [-0.1, -0.05) is 102 Å². The van der Waals surface area contributed by atoms with Gasteiger partial charge in [-0.2, -0.15) is 10.2 Å². The molecule has 18 heteroatoms. The van der Waals surface area contributed by atoms with Crippen LogP contribution in [0.1, 0.15) is 200 Å². The number of pyridine rings is 2. The first-order valence-corrected chi connectivity index (χ1v) is 34.1. The number of hydrogen-bond acceptors (Lipinski definition) is 13. The van der Waals surface area contributed by atoms with Gasteiger partial charge in [0.25, 0.3) is 11.8 Å². The molecule has 6 heterocycles. The molecular weight excluding hydrogens is 1180 g/mol. The first-order chi connectivity index (χ1) is 45.7. The lowest BCUT2D eigenvalue weighted by Crippen LogP contribution is -2.43. The number of hydrogen-bond donors (Lipinski definition) is 5. The topological polar surface area (TPSA) is 230 Å². The van der Waals surface area contributed by atoms with Gasteiger partial charge in [-0.05, 0) is 202 Å². The Labute approximate surface area is 551 Å². The maximum atomic E-state index is 12.6. The fraction of sp³-hybridized carbons (Fsp3) is 0.421. The lowest BCUT2D eigenvalue weighted by molar-refractivity contribution is -0.142. The average molecular weight is 1270 g/mol. The minimum atomic E-state index is -0.988. The maximum absolute atomic E-state index is 12.6. The van der Waals surface area contributed by atoms with Crippen LogP contribution >= 0.6 is 0 Å². The number of fused-ring (bicyclic) bond motifs is 2. The molecule has 2 aliphatic carbocycles. The van der Waals surface area contributed by atoms with Crippen molar-refractivity contribution in [3.8, 4) is 34.2 Å². The number of aliphatic hydroxyl groups excluding tert-OH is 2. The lowest BCUT2D eigenvalue weighted by Gasteiger charge is -2.34. The lowest BCUT2D eigenvalue weighted by atomic mass is 9.85. The van der Waals surface area contributed by atoms with Crippen molar-refractivity contribution in [3.05, 3.63) is 189 Å². The Morgan fingerprint density at radius 1 is 0.532 bits per heavy atom. The first-order valence-electron chi connectivity index (χ1n) is 34.1. The number of esters is 1. The van der Waals surface area contributed by atoms with Crippen LogP contribution in [-0.2, 0) is 52.9 Å². The summed E-state index contributed by atoms with van der Waals surface area (Å²) in [7, 11) is 0. The first kappa shape index (κ1) is 66.5. The van der Waals surface area contributed by atoms with E-state index >= 15 is 0 Å². The Hall–Kier alpha value is -9.00. The van der Waals surface area contributed by atoms with E-state index in [4.69, 9.17) is 14.7 Å². The molecule has 2 fully saturated rings. The molecule has 0 saturated carbocycles. The van der Waals surface area contributed by atoms with Gasteiger partial charge in [0.15, 0.2) is 11.6 Å². The summed E-state index contributed by atoms with van der Waals surface area (Å²) in [5.41, 5.74) is 18.7. The molecule has 2 unspecified atom stereocenters. The van der Waals surface area contributed by atoms with Crippen LogP contribution in [0.5, 0.6) is 0 Å². The van der Waals surface area contributed by atoms with Crippen LogP contribution < -0.4 is 10.6 Å². The summed E-state index contributed by atoms with van der Waals surface area (Å²) in [4.78, 5) is 62.9. The Kier molecular flexibility index (Phi) is 21.2. The van der Waals surface area contributed by atoms with Gasteiger partial charge in [-0.15, -0.1) is 0 Å². The molecule has 4 aliphatic rings. The summed E-state index contributed by atoms with van der Waals surface area (Å²) in [5, 5.41) is 46.3. The van der Waals surface area contributed by atoms with E-state index in [1.165, 1.54) is 50.7 Å². The van der Waals surface area contributed by atoms with Crippen LogP contribution in [0, 0.1) is 0 Å². The number of carbonyl (C=O) groups is 4. The van der Waals surface area contributed by atoms with Gasteiger partial charge in [0, 0.05) is 48.7 Å². The van der Waals surface area contributed by atoms with Crippen LogP contribution in [-0.4, -0.2) is 123 Å². The number of carboxylic acid groups (broad SMARTS) is 1. The fourth-order valence-electron chi connectivity index (χ4n) is 14.7. The Bertz CT molecular complexity index is 4030. The second kappa shape index (κ2) is 30.0. The zero-order chi connectivity index (χ0) is 66.2. The average Bonchev–Trinajstić information content (AvgIpc) is 1.62. The molecule has 8 aromatic rings. The molecule has 4 aromatic carbocycles. The van der Waals surface area contributed by atoms with E-state index in [2.05, 4.69) is 107 Å². The number of nitrogens with zero attached hydrogens (tertiary/aromatic N) is 8. The number of anilines is 2. The maximum Gasteiger partial charge on any atom is 0.341 e. The van der Waals surface area contributed by atoms with E-state index < -0.39 is 18.2 Å². The molecule has 0 bridgehead atoms. The number of benzene rings is 4. The van der Waals surface area contributed by atoms with E-state index in [0.29, 0.717) is 93.2 Å². The molecule has 4 aromatic heterocycles. The van der Waals surface area contributed by atoms with Crippen LogP contribution in [0.3, 0.4) is 0 Å². The summed E-state index contributed by atoms with van der Waals surface area (Å²) in [6.07, 6.45) is 12.7.